The average Bonchev–Trinajstić information content (AvgIpc) is 2.72. The van der Waals surface area contributed by atoms with Crippen LogP contribution < -0.4 is 9.08 Å². The summed E-state index contributed by atoms with van der Waals surface area (Å²) in [5, 5.41) is 10.9. The Kier molecular flexibility index (Phi) is 6.07. The number of benzene rings is 3. The third kappa shape index (κ3) is 5.07. The molecule has 8 nitrogen and oxygen atoms in total. The van der Waals surface area contributed by atoms with Crippen LogP contribution in [0.3, 0.4) is 0 Å². The van der Waals surface area contributed by atoms with Gasteiger partial charge in [-0.1, -0.05) is 12.1 Å². The molecule has 0 saturated heterocycles. The van der Waals surface area contributed by atoms with Crippen molar-refractivity contribution in [3.63, 3.8) is 0 Å². The largest absolute Gasteiger partial charge is 0.379 e. The van der Waals surface area contributed by atoms with Crippen LogP contribution in [0.15, 0.2) is 71.6 Å². The van der Waals surface area contributed by atoms with Gasteiger partial charge in [0.1, 0.15) is 10.6 Å². The minimum absolute atomic E-state index is 0.0166. The van der Waals surface area contributed by atoms with E-state index in [1.54, 1.807) is 7.05 Å². The molecule has 0 aliphatic rings. The molecule has 0 bridgehead atoms. The van der Waals surface area contributed by atoms with E-state index in [4.69, 9.17) is 4.18 Å². The number of rotatable bonds is 6. The lowest BCUT2D eigenvalue weighted by Crippen LogP contribution is -2.26. The van der Waals surface area contributed by atoms with Crippen LogP contribution in [0.5, 0.6) is 5.75 Å². The van der Waals surface area contributed by atoms with Gasteiger partial charge in [0.2, 0.25) is 0 Å². The van der Waals surface area contributed by atoms with Crippen molar-refractivity contribution in [3.8, 4) is 5.75 Å². The zero-order valence-electron chi connectivity index (χ0n) is 17.1. The predicted octanol–water partition coefficient (Wildman–Crippen LogP) is 4.26. The zero-order valence-corrected chi connectivity index (χ0v) is 17.9. The standard InChI is InChI=1S/C22H20N2O6S/c1-15-11-16(2)13-19(12-15)23(3)22(25)17-7-9-20(10-8-17)30-31(28,29)21-6-4-5-18(14-21)24(26)27/h4-14H,1-3H3. The first-order valence-electron chi connectivity index (χ1n) is 9.22. The van der Waals surface area contributed by atoms with E-state index >= 15 is 0 Å². The Labute approximate surface area is 180 Å². The number of nitro benzene ring substituents is 1. The van der Waals surface area contributed by atoms with E-state index in [1.165, 1.54) is 47.4 Å². The summed E-state index contributed by atoms with van der Waals surface area (Å²) in [6.45, 7) is 3.89. The van der Waals surface area contributed by atoms with Gasteiger partial charge in [-0.3, -0.25) is 14.9 Å². The minimum Gasteiger partial charge on any atom is -0.379 e. The topological polar surface area (TPSA) is 107 Å². The molecular weight excluding hydrogens is 420 g/mol. The van der Waals surface area contributed by atoms with Crippen molar-refractivity contribution in [3.05, 3.63) is 93.5 Å². The minimum atomic E-state index is -4.27. The second kappa shape index (κ2) is 8.57. The SMILES string of the molecule is Cc1cc(C)cc(N(C)C(=O)c2ccc(OS(=O)(=O)c3cccc([N+](=O)[O-])c3)cc2)c1. The molecule has 1 amide bonds. The molecule has 0 heterocycles. The molecule has 0 aliphatic carbocycles. The second-order valence-electron chi connectivity index (χ2n) is 7.03. The van der Waals surface area contributed by atoms with E-state index in [0.717, 1.165) is 22.9 Å². The smallest absolute Gasteiger partial charge is 0.339 e. The molecule has 9 heteroatoms. The fourth-order valence-electron chi connectivity index (χ4n) is 3.04. The Morgan fingerprint density at radius 3 is 2.16 bits per heavy atom. The molecule has 3 rings (SSSR count). The quantitative estimate of drug-likeness (QED) is 0.322. The maximum absolute atomic E-state index is 12.8. The number of nitro groups is 1. The average molecular weight is 440 g/mol. The third-order valence-electron chi connectivity index (χ3n) is 4.52. The molecule has 0 saturated carbocycles. The number of non-ortho nitro benzene ring substituents is 1. The van der Waals surface area contributed by atoms with Crippen LogP contribution in [0, 0.1) is 24.0 Å². The fraction of sp³-hybridized carbons (Fsp3) is 0.136. The maximum Gasteiger partial charge on any atom is 0.339 e. The summed E-state index contributed by atoms with van der Waals surface area (Å²) in [5.74, 6) is -0.282. The highest BCUT2D eigenvalue weighted by atomic mass is 32.2. The number of hydrogen-bond donors (Lipinski definition) is 0. The van der Waals surface area contributed by atoms with Gasteiger partial charge in [-0.25, -0.2) is 0 Å². The summed E-state index contributed by atoms with van der Waals surface area (Å²) in [4.78, 5) is 24.1. The van der Waals surface area contributed by atoms with E-state index in [2.05, 4.69) is 0 Å². The summed E-state index contributed by atoms with van der Waals surface area (Å²) in [6, 6.07) is 16.0. The zero-order chi connectivity index (χ0) is 22.8. The van der Waals surface area contributed by atoms with E-state index in [0.29, 0.717) is 5.56 Å². The molecule has 3 aromatic carbocycles. The normalized spacial score (nSPS) is 11.1. The van der Waals surface area contributed by atoms with Gasteiger partial charge in [0.05, 0.1) is 4.92 Å². The number of aryl methyl sites for hydroxylation is 2. The van der Waals surface area contributed by atoms with E-state index in [9.17, 15) is 23.3 Å². The number of amides is 1. The first-order chi connectivity index (χ1) is 14.6. The van der Waals surface area contributed by atoms with Gasteiger partial charge >= 0.3 is 10.1 Å². The molecule has 0 N–H and O–H groups in total. The third-order valence-corrected chi connectivity index (χ3v) is 5.77. The lowest BCUT2D eigenvalue weighted by molar-refractivity contribution is -0.385. The lowest BCUT2D eigenvalue weighted by atomic mass is 10.1. The van der Waals surface area contributed by atoms with Gasteiger partial charge in [-0.05, 0) is 67.4 Å². The van der Waals surface area contributed by atoms with Crippen LogP contribution in [0.25, 0.3) is 0 Å². The molecule has 160 valence electrons. The van der Waals surface area contributed by atoms with Crippen molar-refractivity contribution in [2.24, 2.45) is 0 Å². The van der Waals surface area contributed by atoms with Crippen LogP contribution >= 0.6 is 0 Å². The summed E-state index contributed by atoms with van der Waals surface area (Å²) in [5.41, 5.74) is 2.80. The molecule has 0 fully saturated rings. The van der Waals surface area contributed by atoms with Gasteiger partial charge < -0.3 is 9.08 Å². The van der Waals surface area contributed by atoms with Crippen LogP contribution in [0.2, 0.25) is 0 Å². The Balaban J connectivity index is 1.79. The van der Waals surface area contributed by atoms with E-state index in [-0.39, 0.29) is 22.2 Å². The van der Waals surface area contributed by atoms with Gasteiger partial charge in [0.15, 0.2) is 0 Å². The van der Waals surface area contributed by atoms with Crippen molar-refractivity contribution in [1.29, 1.82) is 0 Å². The van der Waals surface area contributed by atoms with Crippen molar-refractivity contribution in [2.75, 3.05) is 11.9 Å². The molecule has 0 unspecified atom stereocenters. The molecular formula is C22H20N2O6S. The fourth-order valence-corrected chi connectivity index (χ4v) is 4.01. The van der Waals surface area contributed by atoms with Crippen molar-refractivity contribution < 1.29 is 22.3 Å². The number of hydrogen-bond acceptors (Lipinski definition) is 6. The Morgan fingerprint density at radius 2 is 1.58 bits per heavy atom. The molecule has 31 heavy (non-hydrogen) atoms. The first kappa shape index (κ1) is 22.0. The number of anilines is 1. The van der Waals surface area contributed by atoms with Gasteiger partial charge in [0, 0.05) is 30.4 Å². The predicted molar refractivity (Wildman–Crippen MR) is 116 cm³/mol. The van der Waals surface area contributed by atoms with E-state index < -0.39 is 15.0 Å². The van der Waals surface area contributed by atoms with Gasteiger partial charge in [0.25, 0.3) is 11.6 Å². The molecule has 0 atom stereocenters. The van der Waals surface area contributed by atoms with E-state index in [1.807, 2.05) is 32.0 Å². The number of carbonyl (C=O) groups is 1. The highest BCUT2D eigenvalue weighted by Crippen LogP contribution is 2.24. The molecule has 0 aromatic heterocycles. The van der Waals surface area contributed by atoms with Crippen LogP contribution in [-0.4, -0.2) is 26.3 Å². The molecule has 0 aliphatic heterocycles. The summed E-state index contributed by atoms with van der Waals surface area (Å²) in [7, 11) is -2.61. The Bertz CT molecular complexity index is 1230. The first-order valence-corrected chi connectivity index (χ1v) is 10.6. The molecule has 0 spiro atoms. The van der Waals surface area contributed by atoms with Crippen LogP contribution in [-0.2, 0) is 10.1 Å². The maximum atomic E-state index is 12.8. The number of carbonyl (C=O) groups excluding carboxylic acids is 1. The Hall–Kier alpha value is -3.72. The highest BCUT2D eigenvalue weighted by molar-refractivity contribution is 7.87. The Morgan fingerprint density at radius 1 is 0.968 bits per heavy atom. The van der Waals surface area contributed by atoms with Crippen LogP contribution in [0.1, 0.15) is 21.5 Å². The van der Waals surface area contributed by atoms with Crippen molar-refractivity contribution >= 4 is 27.4 Å². The molecule has 0 radical (unpaired) electrons. The lowest BCUT2D eigenvalue weighted by Gasteiger charge is -2.19. The summed E-state index contributed by atoms with van der Waals surface area (Å²) in [6.07, 6.45) is 0. The molecule has 3 aromatic rings. The monoisotopic (exact) mass is 440 g/mol. The van der Waals surface area contributed by atoms with Gasteiger partial charge in [-0.15, -0.1) is 0 Å². The summed E-state index contributed by atoms with van der Waals surface area (Å²) < 4.78 is 29.9. The number of nitrogens with zero attached hydrogens (tertiary/aromatic N) is 2. The highest BCUT2D eigenvalue weighted by Gasteiger charge is 2.20. The van der Waals surface area contributed by atoms with Crippen molar-refractivity contribution in [2.45, 2.75) is 18.7 Å². The van der Waals surface area contributed by atoms with Crippen molar-refractivity contribution in [1.82, 2.24) is 0 Å². The van der Waals surface area contributed by atoms with Crippen LogP contribution in [0.4, 0.5) is 11.4 Å². The second-order valence-corrected chi connectivity index (χ2v) is 8.57. The summed E-state index contributed by atoms with van der Waals surface area (Å²) >= 11 is 0. The van der Waals surface area contributed by atoms with Gasteiger partial charge in [-0.2, -0.15) is 8.42 Å².